The van der Waals surface area contributed by atoms with Crippen LogP contribution in [0.5, 0.6) is 0 Å². The van der Waals surface area contributed by atoms with E-state index in [1.54, 1.807) is 0 Å². The lowest BCUT2D eigenvalue weighted by Crippen LogP contribution is -1.85. The Labute approximate surface area is 107 Å². The van der Waals surface area contributed by atoms with Crippen LogP contribution in [0, 0.1) is 6.92 Å². The van der Waals surface area contributed by atoms with Crippen LogP contribution in [0.3, 0.4) is 0 Å². The van der Waals surface area contributed by atoms with Crippen LogP contribution >= 0.6 is 0 Å². The molecule has 0 aliphatic heterocycles. The van der Waals surface area contributed by atoms with E-state index in [2.05, 4.69) is 61.5 Å². The van der Waals surface area contributed by atoms with E-state index in [9.17, 15) is 0 Å². The minimum absolute atomic E-state index is 1.08. The molecule has 0 amide bonds. The minimum Gasteiger partial charge on any atom is -0.0619 e. The Morgan fingerprint density at radius 1 is 0.833 bits per heavy atom. The fraction of sp³-hybridized carbons (Fsp3) is 0.111. The van der Waals surface area contributed by atoms with E-state index in [-0.39, 0.29) is 0 Å². The molecule has 0 atom stereocenters. The quantitative estimate of drug-likeness (QED) is 0.410. The third-order valence-electron chi connectivity index (χ3n) is 3.96. The summed E-state index contributed by atoms with van der Waals surface area (Å²) in [5.74, 6) is 0. The summed E-state index contributed by atoms with van der Waals surface area (Å²) >= 11 is 0. The third kappa shape index (κ3) is 1.26. The van der Waals surface area contributed by atoms with Crippen molar-refractivity contribution >= 4 is 10.8 Å². The smallest absolute Gasteiger partial charge is 0.000728 e. The predicted molar refractivity (Wildman–Crippen MR) is 76.9 cm³/mol. The van der Waals surface area contributed by atoms with E-state index in [0.717, 1.165) is 6.42 Å². The molecule has 18 heavy (non-hydrogen) atoms. The van der Waals surface area contributed by atoms with Gasteiger partial charge in [-0.2, -0.15) is 0 Å². The monoisotopic (exact) mass is 230 g/mol. The summed E-state index contributed by atoms with van der Waals surface area (Å²) in [6.45, 7) is 2.17. The van der Waals surface area contributed by atoms with Gasteiger partial charge in [0.15, 0.2) is 0 Å². The van der Waals surface area contributed by atoms with Gasteiger partial charge in [-0.05, 0) is 46.4 Å². The van der Waals surface area contributed by atoms with Crippen LogP contribution in [0.25, 0.3) is 21.9 Å². The Kier molecular flexibility index (Phi) is 1.90. The number of benzene rings is 3. The maximum absolute atomic E-state index is 2.32. The van der Waals surface area contributed by atoms with Gasteiger partial charge in [0.05, 0.1) is 0 Å². The molecule has 0 spiro atoms. The lowest BCUT2D eigenvalue weighted by Gasteiger charge is -2.06. The normalized spacial score (nSPS) is 12.5. The first-order valence-corrected chi connectivity index (χ1v) is 6.43. The van der Waals surface area contributed by atoms with Crippen LogP contribution in [-0.2, 0) is 6.42 Å². The summed E-state index contributed by atoms with van der Waals surface area (Å²) in [4.78, 5) is 0. The molecule has 3 aromatic rings. The Morgan fingerprint density at radius 2 is 1.67 bits per heavy atom. The number of rotatable bonds is 0. The first-order valence-electron chi connectivity index (χ1n) is 6.43. The maximum Gasteiger partial charge on any atom is -0.000728 e. The second kappa shape index (κ2) is 3.46. The van der Waals surface area contributed by atoms with Crippen LogP contribution in [0.1, 0.15) is 16.7 Å². The summed E-state index contributed by atoms with van der Waals surface area (Å²) in [5.41, 5.74) is 7.13. The highest BCUT2D eigenvalue weighted by Crippen LogP contribution is 2.40. The summed E-state index contributed by atoms with van der Waals surface area (Å²) in [6, 6.07) is 20.0. The van der Waals surface area contributed by atoms with E-state index in [0.29, 0.717) is 0 Å². The highest BCUT2D eigenvalue weighted by molar-refractivity contribution is 5.95. The van der Waals surface area contributed by atoms with Gasteiger partial charge in [0.25, 0.3) is 0 Å². The van der Waals surface area contributed by atoms with E-state index in [1.807, 2.05) is 0 Å². The average Bonchev–Trinajstić information content (AvgIpc) is 2.78. The Bertz CT molecular complexity index is 766. The maximum atomic E-state index is 2.32. The first-order chi connectivity index (χ1) is 8.83. The van der Waals surface area contributed by atoms with E-state index < -0.39 is 0 Å². The summed E-state index contributed by atoms with van der Waals surface area (Å²) in [6.07, 6.45) is 1.08. The van der Waals surface area contributed by atoms with Crippen LogP contribution in [0.15, 0.2) is 54.6 Å². The largest absolute Gasteiger partial charge is 0.0619 e. The number of aryl methyl sites for hydroxylation is 1. The number of fused-ring (bicyclic) bond motifs is 5. The van der Waals surface area contributed by atoms with Crippen molar-refractivity contribution in [2.24, 2.45) is 0 Å². The Morgan fingerprint density at radius 3 is 2.61 bits per heavy atom. The van der Waals surface area contributed by atoms with E-state index in [1.165, 1.54) is 38.6 Å². The molecule has 1 aliphatic carbocycles. The van der Waals surface area contributed by atoms with Crippen molar-refractivity contribution in [2.75, 3.05) is 0 Å². The lowest BCUT2D eigenvalue weighted by molar-refractivity contribution is 1.28. The number of hydrogen-bond acceptors (Lipinski definition) is 0. The number of hydrogen-bond donors (Lipinski definition) is 0. The molecule has 0 saturated heterocycles. The Balaban J connectivity index is 2.09. The third-order valence-corrected chi connectivity index (χ3v) is 3.96. The summed E-state index contributed by atoms with van der Waals surface area (Å²) in [7, 11) is 0. The van der Waals surface area contributed by atoms with Gasteiger partial charge in [-0.15, -0.1) is 0 Å². The first kappa shape index (κ1) is 9.90. The van der Waals surface area contributed by atoms with E-state index in [4.69, 9.17) is 0 Å². The average molecular weight is 230 g/mol. The summed E-state index contributed by atoms with van der Waals surface area (Å²) < 4.78 is 0. The molecule has 0 saturated carbocycles. The molecule has 0 fully saturated rings. The van der Waals surface area contributed by atoms with Crippen molar-refractivity contribution in [1.29, 1.82) is 0 Å². The van der Waals surface area contributed by atoms with Crippen molar-refractivity contribution in [3.63, 3.8) is 0 Å². The van der Waals surface area contributed by atoms with Gasteiger partial charge in [-0.3, -0.25) is 0 Å². The molecule has 0 radical (unpaired) electrons. The zero-order chi connectivity index (χ0) is 12.1. The van der Waals surface area contributed by atoms with Crippen molar-refractivity contribution in [3.8, 4) is 11.1 Å². The molecule has 0 N–H and O–H groups in total. The second-order valence-corrected chi connectivity index (χ2v) is 5.15. The fourth-order valence-electron chi connectivity index (χ4n) is 3.07. The van der Waals surface area contributed by atoms with Crippen molar-refractivity contribution in [3.05, 3.63) is 71.3 Å². The van der Waals surface area contributed by atoms with Gasteiger partial charge >= 0.3 is 0 Å². The molecular formula is C18H14. The second-order valence-electron chi connectivity index (χ2n) is 5.15. The molecule has 86 valence electrons. The van der Waals surface area contributed by atoms with Crippen LogP contribution in [-0.4, -0.2) is 0 Å². The highest BCUT2D eigenvalue weighted by atomic mass is 14.2. The van der Waals surface area contributed by atoms with Gasteiger partial charge in [0, 0.05) is 0 Å². The van der Waals surface area contributed by atoms with Gasteiger partial charge in [0.1, 0.15) is 0 Å². The molecule has 4 rings (SSSR count). The van der Waals surface area contributed by atoms with Gasteiger partial charge in [-0.25, -0.2) is 0 Å². The predicted octanol–water partition coefficient (Wildman–Crippen LogP) is 4.72. The van der Waals surface area contributed by atoms with Gasteiger partial charge in [0.2, 0.25) is 0 Å². The van der Waals surface area contributed by atoms with Crippen LogP contribution in [0.2, 0.25) is 0 Å². The Hall–Kier alpha value is -2.08. The SMILES string of the molecule is Cc1ccc2ccc3c(c2c1)Cc1ccccc1-3. The molecule has 0 aromatic heterocycles. The van der Waals surface area contributed by atoms with Crippen molar-refractivity contribution in [2.45, 2.75) is 13.3 Å². The fourth-order valence-corrected chi connectivity index (χ4v) is 3.07. The molecule has 0 unspecified atom stereocenters. The lowest BCUT2D eigenvalue weighted by atomic mass is 9.98. The molecular weight excluding hydrogens is 216 g/mol. The molecule has 3 aromatic carbocycles. The van der Waals surface area contributed by atoms with Crippen LogP contribution in [0.4, 0.5) is 0 Å². The van der Waals surface area contributed by atoms with Crippen molar-refractivity contribution in [1.82, 2.24) is 0 Å². The molecule has 1 aliphatic rings. The minimum atomic E-state index is 1.08. The highest BCUT2D eigenvalue weighted by Gasteiger charge is 2.19. The summed E-state index contributed by atoms with van der Waals surface area (Å²) in [5, 5.41) is 2.77. The molecule has 0 heteroatoms. The standard InChI is InChI=1S/C18H14/c1-12-6-7-13-8-9-16-15-5-3-2-4-14(15)11-18(16)17(13)10-12/h2-10H,11H2,1H3. The van der Waals surface area contributed by atoms with Crippen molar-refractivity contribution < 1.29 is 0 Å². The van der Waals surface area contributed by atoms with Crippen LogP contribution < -0.4 is 0 Å². The zero-order valence-electron chi connectivity index (χ0n) is 10.4. The molecule has 0 heterocycles. The van der Waals surface area contributed by atoms with E-state index >= 15 is 0 Å². The topological polar surface area (TPSA) is 0 Å². The molecule has 0 bridgehead atoms. The van der Waals surface area contributed by atoms with Gasteiger partial charge < -0.3 is 0 Å². The van der Waals surface area contributed by atoms with Gasteiger partial charge in [-0.1, -0.05) is 60.2 Å². The molecule has 0 nitrogen and oxygen atoms in total. The zero-order valence-corrected chi connectivity index (χ0v) is 10.4.